The van der Waals surface area contributed by atoms with E-state index in [9.17, 15) is 9.90 Å². The Morgan fingerprint density at radius 2 is 2.16 bits per heavy atom. The Balaban J connectivity index is 1.82. The molecule has 1 saturated heterocycles. The van der Waals surface area contributed by atoms with E-state index in [1.807, 2.05) is 18.2 Å². The number of ether oxygens (including phenoxy) is 1. The number of benzene rings is 1. The second kappa shape index (κ2) is 7.26. The molecule has 4 nitrogen and oxygen atoms in total. The van der Waals surface area contributed by atoms with Gasteiger partial charge in [-0.15, -0.1) is 0 Å². The van der Waals surface area contributed by atoms with Gasteiger partial charge < -0.3 is 15.2 Å². The number of rotatable bonds is 6. The molecule has 104 valence electrons. The van der Waals surface area contributed by atoms with Crippen molar-refractivity contribution in [1.82, 2.24) is 5.32 Å². The first kappa shape index (κ1) is 14.0. The van der Waals surface area contributed by atoms with E-state index in [4.69, 9.17) is 4.74 Å². The van der Waals surface area contributed by atoms with Crippen LogP contribution >= 0.6 is 0 Å². The fraction of sp³-hybridized carbons (Fsp3) is 0.533. The lowest BCUT2D eigenvalue weighted by Gasteiger charge is -2.24. The SMILES string of the molecule is O=C(O)C(OCCC1CCCCN1)c1ccccc1. The van der Waals surface area contributed by atoms with Crippen molar-refractivity contribution in [2.24, 2.45) is 0 Å². The molecule has 1 aromatic carbocycles. The van der Waals surface area contributed by atoms with Gasteiger partial charge in [-0.1, -0.05) is 36.8 Å². The van der Waals surface area contributed by atoms with Crippen molar-refractivity contribution in [3.8, 4) is 0 Å². The van der Waals surface area contributed by atoms with Gasteiger partial charge in [0, 0.05) is 12.6 Å². The van der Waals surface area contributed by atoms with Gasteiger partial charge in [0.1, 0.15) is 0 Å². The Kier molecular flexibility index (Phi) is 5.36. The number of carboxylic acids is 1. The number of hydrogen-bond acceptors (Lipinski definition) is 3. The standard InChI is InChI=1S/C15H21NO3/c17-15(18)14(12-6-2-1-3-7-12)19-11-9-13-8-4-5-10-16-13/h1-3,6-7,13-14,16H,4-5,8-11H2,(H,17,18). The first-order valence-corrected chi connectivity index (χ1v) is 6.90. The lowest BCUT2D eigenvalue weighted by molar-refractivity contribution is -0.151. The molecule has 2 unspecified atom stereocenters. The van der Waals surface area contributed by atoms with Crippen molar-refractivity contribution in [2.45, 2.75) is 37.8 Å². The maximum Gasteiger partial charge on any atom is 0.337 e. The summed E-state index contributed by atoms with van der Waals surface area (Å²) < 4.78 is 5.55. The van der Waals surface area contributed by atoms with Crippen molar-refractivity contribution in [3.05, 3.63) is 35.9 Å². The van der Waals surface area contributed by atoms with Gasteiger partial charge in [-0.25, -0.2) is 4.79 Å². The molecule has 1 aliphatic heterocycles. The largest absolute Gasteiger partial charge is 0.479 e. The van der Waals surface area contributed by atoms with Gasteiger partial charge in [0.25, 0.3) is 0 Å². The molecule has 0 saturated carbocycles. The summed E-state index contributed by atoms with van der Waals surface area (Å²) in [6.07, 6.45) is 3.66. The summed E-state index contributed by atoms with van der Waals surface area (Å²) in [5.41, 5.74) is 0.701. The second-order valence-corrected chi connectivity index (χ2v) is 4.94. The van der Waals surface area contributed by atoms with Crippen LogP contribution in [0.15, 0.2) is 30.3 Å². The zero-order valence-electron chi connectivity index (χ0n) is 11.0. The van der Waals surface area contributed by atoms with E-state index in [-0.39, 0.29) is 0 Å². The summed E-state index contributed by atoms with van der Waals surface area (Å²) in [6.45, 7) is 1.54. The number of hydrogen-bond donors (Lipinski definition) is 2. The van der Waals surface area contributed by atoms with Crippen LogP contribution in [0.5, 0.6) is 0 Å². The van der Waals surface area contributed by atoms with E-state index in [0.717, 1.165) is 19.4 Å². The summed E-state index contributed by atoms with van der Waals surface area (Å²) in [6, 6.07) is 9.58. The molecule has 19 heavy (non-hydrogen) atoms. The molecule has 1 heterocycles. The Morgan fingerprint density at radius 1 is 1.37 bits per heavy atom. The summed E-state index contributed by atoms with van der Waals surface area (Å²) in [7, 11) is 0. The van der Waals surface area contributed by atoms with Gasteiger partial charge in [-0.2, -0.15) is 0 Å². The average Bonchev–Trinajstić information content (AvgIpc) is 2.45. The predicted octanol–water partition coefficient (Wildman–Crippen LogP) is 2.36. The maximum absolute atomic E-state index is 11.2. The molecule has 0 spiro atoms. The summed E-state index contributed by atoms with van der Waals surface area (Å²) >= 11 is 0. The maximum atomic E-state index is 11.2. The fourth-order valence-corrected chi connectivity index (χ4v) is 2.44. The molecular weight excluding hydrogens is 242 g/mol. The molecule has 1 aliphatic rings. The Hall–Kier alpha value is -1.39. The van der Waals surface area contributed by atoms with Crippen LogP contribution in [0.2, 0.25) is 0 Å². The number of nitrogens with one attached hydrogen (secondary N) is 1. The van der Waals surface area contributed by atoms with Crippen molar-refractivity contribution < 1.29 is 14.6 Å². The van der Waals surface area contributed by atoms with Gasteiger partial charge in [0.2, 0.25) is 0 Å². The number of aliphatic carboxylic acids is 1. The highest BCUT2D eigenvalue weighted by Gasteiger charge is 2.21. The molecule has 1 aromatic rings. The van der Waals surface area contributed by atoms with Crippen LogP contribution in [0.4, 0.5) is 0 Å². The molecule has 0 amide bonds. The predicted molar refractivity (Wildman–Crippen MR) is 73.0 cm³/mol. The summed E-state index contributed by atoms with van der Waals surface area (Å²) in [5.74, 6) is -0.928. The zero-order valence-corrected chi connectivity index (χ0v) is 11.0. The minimum absolute atomic E-state index is 0.471. The van der Waals surface area contributed by atoms with Crippen LogP contribution in [0.1, 0.15) is 37.4 Å². The van der Waals surface area contributed by atoms with Gasteiger partial charge in [0.05, 0.1) is 0 Å². The molecule has 2 N–H and O–H groups in total. The lowest BCUT2D eigenvalue weighted by Crippen LogP contribution is -2.35. The highest BCUT2D eigenvalue weighted by molar-refractivity contribution is 5.74. The normalized spacial score (nSPS) is 20.9. The third kappa shape index (κ3) is 4.33. The fourth-order valence-electron chi connectivity index (χ4n) is 2.44. The molecule has 0 aromatic heterocycles. The van der Waals surface area contributed by atoms with Crippen LogP contribution in [-0.4, -0.2) is 30.3 Å². The highest BCUT2D eigenvalue weighted by Crippen LogP contribution is 2.18. The second-order valence-electron chi connectivity index (χ2n) is 4.94. The van der Waals surface area contributed by atoms with Gasteiger partial charge in [-0.3, -0.25) is 0 Å². The number of piperidine rings is 1. The van der Waals surface area contributed by atoms with Crippen LogP contribution < -0.4 is 5.32 Å². The van der Waals surface area contributed by atoms with Gasteiger partial charge >= 0.3 is 5.97 Å². The summed E-state index contributed by atoms with van der Waals surface area (Å²) in [4.78, 5) is 11.2. The number of carbonyl (C=O) groups is 1. The third-order valence-corrected chi connectivity index (χ3v) is 3.49. The van der Waals surface area contributed by atoms with Crippen molar-refractivity contribution >= 4 is 5.97 Å². The molecule has 0 bridgehead atoms. The third-order valence-electron chi connectivity index (χ3n) is 3.49. The van der Waals surface area contributed by atoms with Crippen LogP contribution in [0.3, 0.4) is 0 Å². The van der Waals surface area contributed by atoms with Crippen LogP contribution in [0, 0.1) is 0 Å². The number of carboxylic acid groups (broad SMARTS) is 1. The summed E-state index contributed by atoms with van der Waals surface area (Å²) in [5, 5.41) is 12.7. The first-order valence-electron chi connectivity index (χ1n) is 6.90. The smallest absolute Gasteiger partial charge is 0.337 e. The molecule has 1 fully saturated rings. The topological polar surface area (TPSA) is 58.6 Å². The van der Waals surface area contributed by atoms with Crippen LogP contribution in [0.25, 0.3) is 0 Å². The quantitative estimate of drug-likeness (QED) is 0.827. The molecule has 0 radical (unpaired) electrons. The Bertz CT molecular complexity index is 388. The van der Waals surface area contributed by atoms with Gasteiger partial charge in [-0.05, 0) is 31.4 Å². The van der Waals surface area contributed by atoms with E-state index < -0.39 is 12.1 Å². The molecule has 0 aliphatic carbocycles. The average molecular weight is 263 g/mol. The zero-order chi connectivity index (χ0) is 13.5. The lowest BCUT2D eigenvalue weighted by atomic mass is 10.0. The Morgan fingerprint density at radius 3 is 2.79 bits per heavy atom. The van der Waals surface area contributed by atoms with Crippen LogP contribution in [-0.2, 0) is 9.53 Å². The minimum Gasteiger partial charge on any atom is -0.479 e. The van der Waals surface area contributed by atoms with Gasteiger partial charge in [0.15, 0.2) is 6.10 Å². The monoisotopic (exact) mass is 263 g/mol. The molecule has 2 atom stereocenters. The molecule has 2 rings (SSSR count). The molecule has 4 heteroatoms. The van der Waals surface area contributed by atoms with Crippen molar-refractivity contribution in [1.29, 1.82) is 0 Å². The van der Waals surface area contributed by atoms with Crippen molar-refractivity contribution in [3.63, 3.8) is 0 Å². The van der Waals surface area contributed by atoms with E-state index in [2.05, 4.69) is 5.32 Å². The minimum atomic E-state index is -0.928. The van der Waals surface area contributed by atoms with E-state index in [1.54, 1.807) is 12.1 Å². The highest BCUT2D eigenvalue weighted by atomic mass is 16.5. The Labute approximate surface area is 113 Å². The van der Waals surface area contributed by atoms with E-state index in [0.29, 0.717) is 18.2 Å². The van der Waals surface area contributed by atoms with E-state index in [1.165, 1.54) is 12.8 Å². The van der Waals surface area contributed by atoms with Crippen molar-refractivity contribution in [2.75, 3.05) is 13.2 Å². The van der Waals surface area contributed by atoms with E-state index >= 15 is 0 Å². The molecular formula is C15H21NO3. The first-order chi connectivity index (χ1) is 9.27.